The maximum Gasteiger partial charge on any atom is 0.0362 e. The SMILES string of the molecule is CCC/C=C/c1cc2cc3sc4cc5cc(/C=C/CCC)sc5cc4c3cc2s1. The maximum absolute atomic E-state index is 2.41. The molecule has 0 aliphatic heterocycles. The summed E-state index contributed by atoms with van der Waals surface area (Å²) in [7, 11) is 0. The van der Waals surface area contributed by atoms with Crippen LogP contribution in [0, 0.1) is 0 Å². The second-order valence-electron chi connectivity index (χ2n) is 7.55. The average molecular weight is 433 g/mol. The number of benzene rings is 2. The van der Waals surface area contributed by atoms with Gasteiger partial charge in [-0.25, -0.2) is 0 Å². The zero-order valence-electron chi connectivity index (χ0n) is 16.8. The van der Waals surface area contributed by atoms with E-state index in [-0.39, 0.29) is 0 Å². The molecule has 0 spiro atoms. The van der Waals surface area contributed by atoms with Crippen LogP contribution in [0.5, 0.6) is 0 Å². The molecule has 0 atom stereocenters. The van der Waals surface area contributed by atoms with Crippen molar-refractivity contribution in [3.8, 4) is 0 Å². The lowest BCUT2D eigenvalue weighted by Crippen LogP contribution is -1.67. The Bertz CT molecular complexity index is 1270. The largest absolute Gasteiger partial charge is 0.136 e. The molecular formula is C26H24S3. The van der Waals surface area contributed by atoms with E-state index < -0.39 is 0 Å². The molecule has 0 N–H and O–H groups in total. The highest BCUT2D eigenvalue weighted by atomic mass is 32.1. The highest BCUT2D eigenvalue weighted by Gasteiger charge is 2.11. The number of thiophene rings is 3. The van der Waals surface area contributed by atoms with E-state index in [0.717, 1.165) is 12.8 Å². The Morgan fingerprint density at radius 1 is 0.586 bits per heavy atom. The van der Waals surface area contributed by atoms with Gasteiger partial charge in [0.15, 0.2) is 0 Å². The molecule has 5 rings (SSSR count). The van der Waals surface area contributed by atoms with Crippen molar-refractivity contribution in [2.75, 3.05) is 0 Å². The number of unbranched alkanes of at least 4 members (excludes halogenated alkanes) is 2. The molecule has 0 saturated carbocycles. The van der Waals surface area contributed by atoms with Crippen molar-refractivity contribution >= 4 is 86.5 Å². The molecule has 0 radical (unpaired) electrons. The fourth-order valence-electron chi connectivity index (χ4n) is 3.78. The molecule has 0 unspecified atom stereocenters. The summed E-state index contributed by atoms with van der Waals surface area (Å²) in [6.45, 7) is 4.45. The molecular weight excluding hydrogens is 408 g/mol. The van der Waals surface area contributed by atoms with Crippen LogP contribution in [0.4, 0.5) is 0 Å². The van der Waals surface area contributed by atoms with Crippen molar-refractivity contribution in [3.63, 3.8) is 0 Å². The maximum atomic E-state index is 2.41. The third-order valence-corrected chi connectivity index (χ3v) is 8.50. The first-order valence-corrected chi connectivity index (χ1v) is 12.9. The first kappa shape index (κ1) is 19.0. The summed E-state index contributed by atoms with van der Waals surface area (Å²) in [6, 6.07) is 14.3. The highest BCUT2D eigenvalue weighted by molar-refractivity contribution is 7.26. The van der Waals surface area contributed by atoms with Crippen molar-refractivity contribution in [2.24, 2.45) is 0 Å². The first-order chi connectivity index (χ1) is 14.2. The number of fused-ring (bicyclic) bond motifs is 5. The number of hydrogen-bond donors (Lipinski definition) is 0. The van der Waals surface area contributed by atoms with Crippen LogP contribution in [-0.4, -0.2) is 0 Å². The zero-order valence-corrected chi connectivity index (χ0v) is 19.3. The normalized spacial score (nSPS) is 12.8. The molecule has 0 fully saturated rings. The van der Waals surface area contributed by atoms with Gasteiger partial charge in [-0.15, -0.1) is 34.0 Å². The predicted molar refractivity (Wildman–Crippen MR) is 138 cm³/mol. The average Bonchev–Trinajstić information content (AvgIpc) is 3.38. The van der Waals surface area contributed by atoms with Crippen LogP contribution < -0.4 is 0 Å². The molecule has 0 amide bonds. The summed E-state index contributed by atoms with van der Waals surface area (Å²) < 4.78 is 5.58. The van der Waals surface area contributed by atoms with E-state index in [9.17, 15) is 0 Å². The lowest BCUT2D eigenvalue weighted by Gasteiger charge is -1.94. The molecule has 0 bridgehead atoms. The van der Waals surface area contributed by atoms with E-state index in [4.69, 9.17) is 0 Å². The summed E-state index contributed by atoms with van der Waals surface area (Å²) in [5.74, 6) is 0. The minimum absolute atomic E-state index is 1.15. The first-order valence-electron chi connectivity index (χ1n) is 10.4. The van der Waals surface area contributed by atoms with E-state index >= 15 is 0 Å². The second-order valence-corrected chi connectivity index (χ2v) is 10.9. The molecule has 0 nitrogen and oxygen atoms in total. The molecule has 3 heteroatoms. The van der Waals surface area contributed by atoms with Gasteiger partial charge in [-0.3, -0.25) is 0 Å². The Labute approximate surface area is 183 Å². The predicted octanol–water partition coefficient (Wildman–Crippen LogP) is 10.1. The standard InChI is InChI=1S/C26H24S3/c1-3-5-7-9-19-11-17-13-25-21(15-23(17)27-19)22-16-24-18(14-26(22)29-25)12-20(28-24)10-8-6-4-2/h7-16H,3-6H2,1-2H3/b9-7+,10-8+. The summed E-state index contributed by atoms with van der Waals surface area (Å²) in [6.07, 6.45) is 13.9. The fraction of sp³-hybridized carbons (Fsp3) is 0.231. The van der Waals surface area contributed by atoms with Crippen LogP contribution in [0.3, 0.4) is 0 Å². The van der Waals surface area contributed by atoms with Crippen molar-refractivity contribution in [1.29, 1.82) is 0 Å². The van der Waals surface area contributed by atoms with Crippen LogP contribution >= 0.6 is 34.0 Å². The van der Waals surface area contributed by atoms with Gasteiger partial charge >= 0.3 is 0 Å². The molecule has 2 aromatic carbocycles. The third-order valence-electron chi connectivity index (χ3n) is 5.26. The monoisotopic (exact) mass is 432 g/mol. The Balaban J connectivity index is 1.60. The van der Waals surface area contributed by atoms with Gasteiger partial charge in [0.1, 0.15) is 0 Å². The second kappa shape index (κ2) is 8.06. The smallest absolute Gasteiger partial charge is 0.0362 e. The van der Waals surface area contributed by atoms with Crippen LogP contribution in [0.2, 0.25) is 0 Å². The number of allylic oxidation sites excluding steroid dienone is 2. The van der Waals surface area contributed by atoms with Gasteiger partial charge in [0.05, 0.1) is 0 Å². The van der Waals surface area contributed by atoms with E-state index in [1.807, 2.05) is 34.0 Å². The Morgan fingerprint density at radius 2 is 1.07 bits per heavy atom. The topological polar surface area (TPSA) is 0 Å². The van der Waals surface area contributed by atoms with Gasteiger partial charge in [0.2, 0.25) is 0 Å². The van der Waals surface area contributed by atoms with Gasteiger partial charge in [-0.2, -0.15) is 0 Å². The number of rotatable bonds is 6. The minimum Gasteiger partial charge on any atom is -0.136 e. The Morgan fingerprint density at radius 3 is 1.52 bits per heavy atom. The molecule has 0 aliphatic carbocycles. The minimum atomic E-state index is 1.15. The van der Waals surface area contributed by atoms with Gasteiger partial charge in [0.25, 0.3) is 0 Å². The van der Waals surface area contributed by atoms with Crippen LogP contribution in [0.15, 0.2) is 48.6 Å². The molecule has 0 saturated heterocycles. The van der Waals surface area contributed by atoms with Crippen molar-refractivity contribution in [3.05, 3.63) is 58.3 Å². The van der Waals surface area contributed by atoms with E-state index in [1.165, 1.54) is 62.9 Å². The summed E-state index contributed by atoms with van der Waals surface area (Å²) in [5, 5.41) is 5.55. The van der Waals surface area contributed by atoms with E-state index in [1.54, 1.807) is 0 Å². The molecule has 5 aromatic rings. The molecule has 0 aliphatic rings. The third kappa shape index (κ3) is 3.68. The van der Waals surface area contributed by atoms with Crippen molar-refractivity contribution < 1.29 is 0 Å². The Hall–Kier alpha value is -1.94. The summed E-state index contributed by atoms with van der Waals surface area (Å²) in [5.41, 5.74) is 0. The van der Waals surface area contributed by atoms with Crippen LogP contribution in [-0.2, 0) is 0 Å². The molecule has 29 heavy (non-hydrogen) atoms. The van der Waals surface area contributed by atoms with Gasteiger partial charge in [-0.05, 0) is 72.2 Å². The van der Waals surface area contributed by atoms with Gasteiger partial charge in [-0.1, -0.05) is 38.8 Å². The van der Waals surface area contributed by atoms with Gasteiger partial charge < -0.3 is 0 Å². The van der Waals surface area contributed by atoms with Crippen molar-refractivity contribution in [1.82, 2.24) is 0 Å². The summed E-state index contributed by atoms with van der Waals surface area (Å²) in [4.78, 5) is 2.72. The van der Waals surface area contributed by atoms with Crippen LogP contribution in [0.1, 0.15) is 49.3 Å². The summed E-state index contributed by atoms with van der Waals surface area (Å²) >= 11 is 5.74. The van der Waals surface area contributed by atoms with Crippen LogP contribution in [0.25, 0.3) is 52.5 Å². The van der Waals surface area contributed by atoms with E-state index in [0.29, 0.717) is 0 Å². The zero-order chi connectivity index (χ0) is 19.8. The molecule has 146 valence electrons. The van der Waals surface area contributed by atoms with Gasteiger partial charge in [0, 0.05) is 39.3 Å². The highest BCUT2D eigenvalue weighted by Crippen LogP contribution is 2.42. The van der Waals surface area contributed by atoms with E-state index in [2.05, 4.69) is 74.5 Å². The number of hydrogen-bond acceptors (Lipinski definition) is 3. The lowest BCUT2D eigenvalue weighted by atomic mass is 10.1. The quantitative estimate of drug-likeness (QED) is 0.250. The lowest BCUT2D eigenvalue weighted by molar-refractivity contribution is 0.962. The molecule has 3 heterocycles. The molecule has 3 aromatic heterocycles. The van der Waals surface area contributed by atoms with Crippen molar-refractivity contribution in [2.45, 2.75) is 39.5 Å². The Kier molecular flexibility index (Phi) is 5.29. The fourth-order valence-corrected chi connectivity index (χ4v) is 6.98.